The number of aromatic carboxylic acids is 1. The van der Waals surface area contributed by atoms with Crippen molar-refractivity contribution in [2.45, 2.75) is 26.4 Å². The number of carbonyl (C=O) groups excluding carboxylic acids is 2. The van der Waals surface area contributed by atoms with Gasteiger partial charge in [-0.05, 0) is 51.1 Å². The van der Waals surface area contributed by atoms with E-state index in [2.05, 4.69) is 5.32 Å². The number of carboxylic acid groups (broad SMARTS) is 1. The first kappa shape index (κ1) is 18.4. The van der Waals surface area contributed by atoms with Gasteiger partial charge < -0.3 is 15.2 Å². The Labute approximate surface area is 156 Å². The van der Waals surface area contributed by atoms with Crippen molar-refractivity contribution in [3.8, 4) is 5.75 Å². The molecule has 0 atom stereocenters. The lowest BCUT2D eigenvalue weighted by Crippen LogP contribution is -2.54. The van der Waals surface area contributed by atoms with E-state index in [0.29, 0.717) is 11.4 Å². The second kappa shape index (κ2) is 6.75. The number of nitrogens with one attached hydrogen (secondary N) is 1. The Morgan fingerprint density at radius 1 is 1.15 bits per heavy atom. The average molecular weight is 368 g/mol. The Kier molecular flexibility index (Phi) is 4.61. The zero-order chi connectivity index (χ0) is 19.8. The van der Waals surface area contributed by atoms with Gasteiger partial charge in [-0.15, -0.1) is 0 Å². The summed E-state index contributed by atoms with van der Waals surface area (Å²) >= 11 is 0. The van der Waals surface area contributed by atoms with Crippen molar-refractivity contribution in [2.75, 3.05) is 16.8 Å². The third-order valence-electron chi connectivity index (χ3n) is 4.26. The molecule has 7 heteroatoms. The molecule has 0 unspecified atom stereocenters. The summed E-state index contributed by atoms with van der Waals surface area (Å²) in [6.07, 6.45) is 0. The van der Waals surface area contributed by atoms with Crippen molar-refractivity contribution in [1.29, 1.82) is 0 Å². The minimum Gasteiger partial charge on any atom is -0.478 e. The molecule has 2 aromatic carbocycles. The van der Waals surface area contributed by atoms with Crippen LogP contribution in [0, 0.1) is 6.92 Å². The summed E-state index contributed by atoms with van der Waals surface area (Å²) in [5.74, 6) is -1.58. The van der Waals surface area contributed by atoms with E-state index in [1.165, 1.54) is 23.1 Å². The molecular formula is C20H20N2O5. The lowest BCUT2D eigenvalue weighted by Gasteiger charge is -2.38. The third-order valence-corrected chi connectivity index (χ3v) is 4.26. The summed E-state index contributed by atoms with van der Waals surface area (Å²) in [4.78, 5) is 37.8. The highest BCUT2D eigenvalue weighted by atomic mass is 16.5. The topological polar surface area (TPSA) is 95.9 Å². The van der Waals surface area contributed by atoms with Gasteiger partial charge in [0.2, 0.25) is 5.91 Å². The molecule has 27 heavy (non-hydrogen) atoms. The SMILES string of the molecule is Cc1ccc(NC(=O)CN2C(=O)C(C)(C)Oc3ccc(C(=O)O)cc32)cc1. The van der Waals surface area contributed by atoms with Crippen LogP contribution in [0.3, 0.4) is 0 Å². The van der Waals surface area contributed by atoms with Gasteiger partial charge in [-0.2, -0.15) is 0 Å². The molecule has 1 aliphatic rings. The Morgan fingerprint density at radius 3 is 2.44 bits per heavy atom. The van der Waals surface area contributed by atoms with E-state index in [4.69, 9.17) is 4.74 Å². The molecule has 7 nitrogen and oxygen atoms in total. The Bertz CT molecular complexity index is 918. The number of aryl methyl sites for hydroxylation is 1. The fourth-order valence-electron chi connectivity index (χ4n) is 2.84. The molecule has 1 aliphatic heterocycles. The lowest BCUT2D eigenvalue weighted by atomic mass is 10.0. The van der Waals surface area contributed by atoms with Crippen LogP contribution in [0.2, 0.25) is 0 Å². The van der Waals surface area contributed by atoms with Gasteiger partial charge in [0.25, 0.3) is 5.91 Å². The van der Waals surface area contributed by atoms with Gasteiger partial charge in [0.1, 0.15) is 12.3 Å². The van der Waals surface area contributed by atoms with Crippen LogP contribution in [-0.2, 0) is 9.59 Å². The fraction of sp³-hybridized carbons (Fsp3) is 0.250. The maximum Gasteiger partial charge on any atom is 0.335 e. The molecule has 2 N–H and O–H groups in total. The first-order valence-electron chi connectivity index (χ1n) is 8.42. The Balaban J connectivity index is 1.89. The molecule has 0 saturated carbocycles. The molecule has 0 fully saturated rings. The maximum absolute atomic E-state index is 12.8. The number of amides is 2. The maximum atomic E-state index is 12.8. The van der Waals surface area contributed by atoms with Crippen LogP contribution in [0.25, 0.3) is 0 Å². The number of hydrogen-bond acceptors (Lipinski definition) is 4. The number of nitrogens with zero attached hydrogens (tertiary/aromatic N) is 1. The van der Waals surface area contributed by atoms with Gasteiger partial charge in [-0.3, -0.25) is 14.5 Å². The second-order valence-corrected chi connectivity index (χ2v) is 6.91. The molecule has 3 rings (SSSR count). The number of carbonyl (C=O) groups is 3. The monoisotopic (exact) mass is 368 g/mol. The van der Waals surface area contributed by atoms with Crippen LogP contribution in [-0.4, -0.2) is 35.0 Å². The van der Waals surface area contributed by atoms with Crippen molar-refractivity contribution in [3.05, 3.63) is 53.6 Å². The van der Waals surface area contributed by atoms with Crippen LogP contribution < -0.4 is 15.0 Å². The minimum absolute atomic E-state index is 0.00815. The van der Waals surface area contributed by atoms with Gasteiger partial charge in [0.15, 0.2) is 5.60 Å². The molecule has 0 aliphatic carbocycles. The molecule has 2 amide bonds. The predicted octanol–water partition coefficient (Wildman–Crippen LogP) is 2.84. The van der Waals surface area contributed by atoms with Crippen LogP contribution in [0.5, 0.6) is 5.75 Å². The van der Waals surface area contributed by atoms with E-state index in [9.17, 15) is 19.5 Å². The summed E-state index contributed by atoms with van der Waals surface area (Å²) < 4.78 is 5.69. The fourth-order valence-corrected chi connectivity index (χ4v) is 2.84. The number of hydrogen-bond donors (Lipinski definition) is 2. The van der Waals surface area contributed by atoms with Crippen LogP contribution in [0.4, 0.5) is 11.4 Å². The summed E-state index contributed by atoms with van der Waals surface area (Å²) in [6.45, 7) is 4.90. The van der Waals surface area contributed by atoms with Crippen LogP contribution in [0.15, 0.2) is 42.5 Å². The van der Waals surface area contributed by atoms with Gasteiger partial charge in [-0.25, -0.2) is 4.79 Å². The number of benzene rings is 2. The van der Waals surface area contributed by atoms with Gasteiger partial charge in [-0.1, -0.05) is 17.7 Å². The molecule has 2 aromatic rings. The van der Waals surface area contributed by atoms with Crippen LogP contribution >= 0.6 is 0 Å². The number of anilines is 2. The molecule has 0 aromatic heterocycles. The van der Waals surface area contributed by atoms with E-state index in [-0.39, 0.29) is 17.8 Å². The zero-order valence-electron chi connectivity index (χ0n) is 15.3. The van der Waals surface area contributed by atoms with Gasteiger partial charge >= 0.3 is 5.97 Å². The first-order chi connectivity index (χ1) is 12.7. The highest BCUT2D eigenvalue weighted by Gasteiger charge is 2.41. The standard InChI is InChI=1S/C20H20N2O5/c1-12-4-7-14(8-5-12)21-17(23)11-22-15-10-13(18(24)25)6-9-16(15)27-20(2,3)19(22)26/h4-10H,11H2,1-3H3,(H,21,23)(H,24,25). The quantitative estimate of drug-likeness (QED) is 0.865. The van der Waals surface area contributed by atoms with E-state index in [0.717, 1.165) is 5.56 Å². The minimum atomic E-state index is -1.16. The van der Waals surface area contributed by atoms with Crippen molar-refractivity contribution in [2.24, 2.45) is 0 Å². The van der Waals surface area contributed by atoms with E-state index >= 15 is 0 Å². The van der Waals surface area contributed by atoms with E-state index in [1.807, 2.05) is 19.1 Å². The van der Waals surface area contributed by atoms with Crippen molar-refractivity contribution in [1.82, 2.24) is 0 Å². The smallest absolute Gasteiger partial charge is 0.335 e. The number of carboxylic acids is 1. The predicted molar refractivity (Wildman–Crippen MR) is 100 cm³/mol. The molecular weight excluding hydrogens is 348 g/mol. The largest absolute Gasteiger partial charge is 0.478 e. The number of rotatable bonds is 4. The summed E-state index contributed by atoms with van der Waals surface area (Å²) in [5, 5.41) is 12.0. The van der Waals surface area contributed by atoms with E-state index in [1.54, 1.807) is 26.0 Å². The highest BCUT2D eigenvalue weighted by Crippen LogP contribution is 2.38. The highest BCUT2D eigenvalue weighted by molar-refractivity contribution is 6.08. The summed E-state index contributed by atoms with van der Waals surface area (Å²) in [7, 11) is 0. The summed E-state index contributed by atoms with van der Waals surface area (Å²) in [5.41, 5.74) is 0.785. The normalized spacial score (nSPS) is 14.9. The van der Waals surface area contributed by atoms with Gasteiger partial charge in [0, 0.05) is 5.69 Å². The Hall–Kier alpha value is -3.35. The third kappa shape index (κ3) is 3.76. The molecule has 1 heterocycles. The average Bonchev–Trinajstić information content (AvgIpc) is 2.60. The molecule has 0 spiro atoms. The molecule has 0 bridgehead atoms. The molecule has 0 saturated heterocycles. The first-order valence-corrected chi connectivity index (χ1v) is 8.42. The van der Waals surface area contributed by atoms with Gasteiger partial charge in [0.05, 0.1) is 11.3 Å². The molecule has 0 radical (unpaired) electrons. The Morgan fingerprint density at radius 2 is 1.81 bits per heavy atom. The zero-order valence-corrected chi connectivity index (χ0v) is 15.3. The van der Waals surface area contributed by atoms with Crippen LogP contribution in [0.1, 0.15) is 29.8 Å². The number of ether oxygens (including phenoxy) is 1. The van der Waals surface area contributed by atoms with Crippen molar-refractivity contribution in [3.63, 3.8) is 0 Å². The van der Waals surface area contributed by atoms with Crippen molar-refractivity contribution < 1.29 is 24.2 Å². The summed E-state index contributed by atoms with van der Waals surface area (Å²) in [6, 6.07) is 11.5. The second-order valence-electron chi connectivity index (χ2n) is 6.91. The van der Waals surface area contributed by atoms with E-state index < -0.39 is 23.4 Å². The molecule has 140 valence electrons. The number of fused-ring (bicyclic) bond motifs is 1. The van der Waals surface area contributed by atoms with Crippen molar-refractivity contribution >= 4 is 29.2 Å². The lowest BCUT2D eigenvalue weighted by molar-refractivity contribution is -0.133.